The second kappa shape index (κ2) is 18.0. The number of benzene rings is 1. The molecule has 1 heterocycles. The van der Waals surface area contributed by atoms with Crippen LogP contribution in [-0.4, -0.2) is 92.1 Å². The summed E-state index contributed by atoms with van der Waals surface area (Å²) in [6.07, 6.45) is 6.93. The second-order valence-corrected chi connectivity index (χ2v) is 9.53. The largest absolute Gasteiger partial charge is 0.385 e. The van der Waals surface area contributed by atoms with E-state index in [2.05, 4.69) is 43.8 Å². The summed E-state index contributed by atoms with van der Waals surface area (Å²) >= 11 is 0. The molecule has 0 aliphatic rings. The fourth-order valence-electron chi connectivity index (χ4n) is 3.39. The van der Waals surface area contributed by atoms with Crippen LogP contribution in [0.4, 0.5) is 17.5 Å². The van der Waals surface area contributed by atoms with Gasteiger partial charge in [-0.3, -0.25) is 9.59 Å². The Morgan fingerprint density at radius 2 is 1.90 bits per heavy atom. The zero-order valence-corrected chi connectivity index (χ0v) is 24.5. The Balaban J connectivity index is 1.92. The number of hydrogen-bond acceptors (Lipinski definition) is 9. The third-order valence-electron chi connectivity index (χ3n) is 5.92. The molecule has 0 aliphatic heterocycles. The van der Waals surface area contributed by atoms with E-state index in [9.17, 15) is 9.59 Å². The van der Waals surface area contributed by atoms with Gasteiger partial charge < -0.3 is 30.5 Å². The highest BCUT2D eigenvalue weighted by Crippen LogP contribution is 2.18. The third kappa shape index (κ3) is 12.1. The van der Waals surface area contributed by atoms with Crippen LogP contribution in [0.5, 0.6) is 0 Å². The first kappa shape index (κ1) is 32.8. The Hall–Kier alpha value is -4.45. The summed E-state index contributed by atoms with van der Waals surface area (Å²) in [5.41, 5.74) is 2.00. The Kier molecular flexibility index (Phi) is 14.4. The van der Waals surface area contributed by atoms with Crippen LogP contribution in [0.1, 0.15) is 37.3 Å². The predicted octanol–water partition coefficient (Wildman–Crippen LogP) is 2.75. The van der Waals surface area contributed by atoms with E-state index in [1.807, 2.05) is 19.0 Å². The van der Waals surface area contributed by atoms with Gasteiger partial charge in [0.15, 0.2) is 0 Å². The highest BCUT2D eigenvalue weighted by Gasteiger charge is 2.20. The van der Waals surface area contributed by atoms with Gasteiger partial charge in [-0.2, -0.15) is 10.2 Å². The molecule has 0 saturated carbocycles. The predicted molar refractivity (Wildman–Crippen MR) is 161 cm³/mol. The summed E-state index contributed by atoms with van der Waals surface area (Å²) in [6, 6.07) is 8.53. The first-order valence-electron chi connectivity index (χ1n) is 13.5. The standard InChI is InChI=1S/C30H40N8O3/c1-23(38(4)27(39)12-9-19-37(2)3)29(40)33-17-8-6-7-11-25-22-34-30(36-28(25)32-18-10-20-41-5)35-26-15-13-24(21-31)14-16-26/h9,12-16,22-23H,6,8,10,17-20H2,1-5H3,(H,33,40)(H2,32,34,35,36)/b12-9+/t23-/m0/s1. The van der Waals surface area contributed by atoms with Gasteiger partial charge in [-0.25, -0.2) is 4.98 Å². The van der Waals surface area contributed by atoms with E-state index >= 15 is 0 Å². The Morgan fingerprint density at radius 3 is 2.59 bits per heavy atom. The van der Waals surface area contributed by atoms with Gasteiger partial charge in [-0.05, 0) is 58.1 Å². The molecule has 2 aromatic rings. The number of methoxy groups -OCH3 is 1. The number of amides is 2. The number of nitrogens with one attached hydrogen (secondary N) is 3. The lowest BCUT2D eigenvalue weighted by molar-refractivity contribution is -0.135. The fourth-order valence-corrected chi connectivity index (χ4v) is 3.39. The van der Waals surface area contributed by atoms with Crippen LogP contribution < -0.4 is 16.0 Å². The first-order chi connectivity index (χ1) is 19.7. The maximum Gasteiger partial charge on any atom is 0.246 e. The molecule has 1 atom stereocenters. The molecule has 0 fully saturated rings. The number of ether oxygens (including phenoxy) is 1. The molecule has 3 N–H and O–H groups in total. The lowest BCUT2D eigenvalue weighted by Crippen LogP contribution is -2.45. The average molecular weight is 561 g/mol. The van der Waals surface area contributed by atoms with Gasteiger partial charge in [-0.1, -0.05) is 17.9 Å². The molecule has 218 valence electrons. The van der Waals surface area contributed by atoms with E-state index in [4.69, 9.17) is 10.00 Å². The summed E-state index contributed by atoms with van der Waals surface area (Å²) in [5, 5.41) is 18.3. The topological polar surface area (TPSA) is 136 Å². The monoisotopic (exact) mass is 560 g/mol. The number of rotatable bonds is 15. The van der Waals surface area contributed by atoms with Crippen LogP contribution in [0.25, 0.3) is 0 Å². The van der Waals surface area contributed by atoms with Crippen molar-refractivity contribution < 1.29 is 14.3 Å². The molecule has 0 saturated heterocycles. The summed E-state index contributed by atoms with van der Waals surface area (Å²) in [4.78, 5) is 37.1. The number of carbonyl (C=O) groups is 2. The smallest absolute Gasteiger partial charge is 0.246 e. The number of hydrogen-bond donors (Lipinski definition) is 3. The lowest BCUT2D eigenvalue weighted by Gasteiger charge is -2.23. The molecular weight excluding hydrogens is 520 g/mol. The van der Waals surface area contributed by atoms with E-state index < -0.39 is 6.04 Å². The lowest BCUT2D eigenvalue weighted by atomic mass is 10.2. The van der Waals surface area contributed by atoms with Crippen LogP contribution in [0.15, 0.2) is 42.6 Å². The van der Waals surface area contributed by atoms with Crippen LogP contribution in [0, 0.1) is 23.2 Å². The number of carbonyl (C=O) groups excluding carboxylic acids is 2. The molecule has 0 aliphatic carbocycles. The first-order valence-corrected chi connectivity index (χ1v) is 13.5. The Morgan fingerprint density at radius 1 is 1.15 bits per heavy atom. The molecule has 0 unspecified atom stereocenters. The molecule has 0 radical (unpaired) electrons. The summed E-state index contributed by atoms with van der Waals surface area (Å²) < 4.78 is 5.12. The number of unbranched alkanes of at least 4 members (excludes halogenated alkanes) is 1. The van der Waals surface area contributed by atoms with Gasteiger partial charge in [0.25, 0.3) is 0 Å². The minimum absolute atomic E-state index is 0.212. The van der Waals surface area contributed by atoms with E-state index in [-0.39, 0.29) is 11.8 Å². The molecule has 41 heavy (non-hydrogen) atoms. The summed E-state index contributed by atoms with van der Waals surface area (Å²) in [7, 11) is 7.11. The molecule has 1 aromatic heterocycles. The van der Waals surface area contributed by atoms with Crippen molar-refractivity contribution in [2.45, 2.75) is 32.2 Å². The Bertz CT molecular complexity index is 1260. The number of anilines is 3. The van der Waals surface area contributed by atoms with Gasteiger partial charge in [0.2, 0.25) is 17.8 Å². The molecule has 2 rings (SSSR count). The molecule has 0 bridgehead atoms. The van der Waals surface area contributed by atoms with Crippen LogP contribution in [0.3, 0.4) is 0 Å². The normalized spacial score (nSPS) is 11.3. The average Bonchev–Trinajstić information content (AvgIpc) is 2.97. The number of aromatic nitrogens is 2. The van der Waals surface area contributed by atoms with Crippen molar-refractivity contribution in [2.24, 2.45) is 0 Å². The van der Waals surface area contributed by atoms with E-state index in [0.717, 1.165) is 12.1 Å². The number of nitriles is 1. The molecule has 2 amide bonds. The molecule has 1 aromatic carbocycles. The van der Waals surface area contributed by atoms with Crippen molar-refractivity contribution >= 4 is 29.3 Å². The SMILES string of the molecule is COCCCNc1nc(Nc2ccc(C#N)cc2)ncc1C#CCCCNC(=O)[C@H](C)N(C)C(=O)/C=C/CN(C)C. The molecule has 11 nitrogen and oxygen atoms in total. The maximum atomic E-state index is 12.5. The maximum absolute atomic E-state index is 12.5. The van der Waals surface area contributed by atoms with Gasteiger partial charge in [0, 0.05) is 58.6 Å². The molecular formula is C30H40N8O3. The number of nitrogens with zero attached hydrogens (tertiary/aromatic N) is 5. The zero-order chi connectivity index (χ0) is 30.0. The van der Waals surface area contributed by atoms with Crippen molar-refractivity contribution in [1.29, 1.82) is 5.26 Å². The van der Waals surface area contributed by atoms with Crippen LogP contribution in [-0.2, 0) is 14.3 Å². The summed E-state index contributed by atoms with van der Waals surface area (Å²) in [6.45, 7) is 4.08. The van der Waals surface area contributed by atoms with Gasteiger partial charge in [0.1, 0.15) is 11.9 Å². The second-order valence-electron chi connectivity index (χ2n) is 9.53. The third-order valence-corrected chi connectivity index (χ3v) is 5.92. The van der Waals surface area contributed by atoms with Crippen molar-refractivity contribution in [3.63, 3.8) is 0 Å². The van der Waals surface area contributed by atoms with Crippen LogP contribution >= 0.6 is 0 Å². The number of likely N-dealkylation sites (N-methyl/N-ethyl adjacent to an activating group) is 2. The quantitative estimate of drug-likeness (QED) is 0.171. The fraction of sp³-hybridized carbons (Fsp3) is 0.433. The van der Waals surface area contributed by atoms with E-state index in [1.165, 1.54) is 11.0 Å². The Labute approximate surface area is 243 Å². The minimum atomic E-state index is -0.585. The van der Waals surface area contributed by atoms with E-state index in [0.29, 0.717) is 62.0 Å². The van der Waals surface area contributed by atoms with Gasteiger partial charge in [0.05, 0.1) is 23.4 Å². The van der Waals surface area contributed by atoms with Gasteiger partial charge in [-0.15, -0.1) is 0 Å². The summed E-state index contributed by atoms with van der Waals surface area (Å²) in [5.74, 6) is 6.83. The highest BCUT2D eigenvalue weighted by atomic mass is 16.5. The minimum Gasteiger partial charge on any atom is -0.385 e. The van der Waals surface area contributed by atoms with Crippen LogP contribution in [0.2, 0.25) is 0 Å². The highest BCUT2D eigenvalue weighted by molar-refractivity contribution is 5.92. The molecule has 11 heteroatoms. The van der Waals surface area contributed by atoms with Crippen molar-refractivity contribution in [3.05, 3.63) is 53.7 Å². The van der Waals surface area contributed by atoms with Gasteiger partial charge >= 0.3 is 0 Å². The van der Waals surface area contributed by atoms with E-state index in [1.54, 1.807) is 57.6 Å². The molecule has 0 spiro atoms. The van der Waals surface area contributed by atoms with Crippen molar-refractivity contribution in [3.8, 4) is 17.9 Å². The zero-order valence-electron chi connectivity index (χ0n) is 24.5. The van der Waals surface area contributed by atoms with Crippen molar-refractivity contribution in [1.82, 2.24) is 25.1 Å². The van der Waals surface area contributed by atoms with Crippen molar-refractivity contribution in [2.75, 3.05) is 65.1 Å².